The molecule has 0 saturated heterocycles. The molecular weight excluding hydrogens is 242 g/mol. The molecule has 0 aromatic carbocycles. The molecule has 0 N–H and O–H groups in total. The number of allylic oxidation sites excluding steroid dienone is 2. The number of aliphatic imine (C=N–C) groups is 1. The highest BCUT2D eigenvalue weighted by molar-refractivity contribution is 5.56. The summed E-state index contributed by atoms with van der Waals surface area (Å²) >= 11 is 0. The second-order valence-corrected chi connectivity index (χ2v) is 5.29. The van der Waals surface area contributed by atoms with Crippen LogP contribution in [0.25, 0.3) is 0 Å². The summed E-state index contributed by atoms with van der Waals surface area (Å²) in [6, 6.07) is 0. The molecule has 0 radical (unpaired) electrons. The summed E-state index contributed by atoms with van der Waals surface area (Å²) in [7, 11) is 1.83. The van der Waals surface area contributed by atoms with E-state index in [0.717, 1.165) is 30.6 Å². The van der Waals surface area contributed by atoms with Crippen molar-refractivity contribution in [3.63, 3.8) is 0 Å². The van der Waals surface area contributed by atoms with Gasteiger partial charge in [-0.05, 0) is 49.7 Å². The van der Waals surface area contributed by atoms with E-state index in [4.69, 9.17) is 0 Å². The SMILES string of the molecule is CC.CC.CN=CCC/C=C/CC(C)CC(C)C(C)C. The third-order valence-electron chi connectivity index (χ3n) is 3.26. The zero-order valence-corrected chi connectivity index (χ0v) is 15.7. The normalized spacial score (nSPS) is 13.7. The zero-order chi connectivity index (χ0) is 16.4. The monoisotopic (exact) mass is 283 g/mol. The number of nitrogens with zero attached hydrogens (tertiary/aromatic N) is 1. The highest BCUT2D eigenvalue weighted by Gasteiger charge is 2.10. The topological polar surface area (TPSA) is 12.4 Å². The van der Waals surface area contributed by atoms with Crippen LogP contribution in [0.5, 0.6) is 0 Å². The van der Waals surface area contributed by atoms with Crippen LogP contribution in [0.1, 0.15) is 81.1 Å². The third kappa shape index (κ3) is 19.7. The van der Waals surface area contributed by atoms with Crippen molar-refractivity contribution in [1.29, 1.82) is 0 Å². The van der Waals surface area contributed by atoms with E-state index in [2.05, 4.69) is 44.8 Å². The molecule has 0 saturated carbocycles. The quantitative estimate of drug-likeness (QED) is 0.264. The third-order valence-corrected chi connectivity index (χ3v) is 3.26. The Morgan fingerprint density at radius 2 is 1.40 bits per heavy atom. The molecule has 0 fully saturated rings. The highest BCUT2D eigenvalue weighted by Crippen LogP contribution is 2.21. The van der Waals surface area contributed by atoms with Crippen LogP contribution in [-0.4, -0.2) is 13.3 Å². The molecule has 20 heavy (non-hydrogen) atoms. The first-order valence-corrected chi connectivity index (χ1v) is 8.63. The Bertz CT molecular complexity index is 204. The molecule has 0 aliphatic heterocycles. The molecule has 0 bridgehead atoms. The van der Waals surface area contributed by atoms with Crippen LogP contribution < -0.4 is 0 Å². The molecule has 1 nitrogen and oxygen atoms in total. The van der Waals surface area contributed by atoms with Crippen LogP contribution >= 0.6 is 0 Å². The summed E-state index contributed by atoms with van der Waals surface area (Å²) in [5.74, 6) is 2.47. The second-order valence-electron chi connectivity index (χ2n) is 5.29. The first-order chi connectivity index (χ1) is 9.57. The van der Waals surface area contributed by atoms with Gasteiger partial charge in [0.2, 0.25) is 0 Å². The number of hydrogen-bond donors (Lipinski definition) is 0. The molecule has 0 aliphatic rings. The van der Waals surface area contributed by atoms with Gasteiger partial charge in [-0.2, -0.15) is 0 Å². The van der Waals surface area contributed by atoms with Crippen LogP contribution in [0.3, 0.4) is 0 Å². The summed E-state index contributed by atoms with van der Waals surface area (Å²) in [4.78, 5) is 3.97. The minimum Gasteiger partial charge on any atom is -0.301 e. The predicted molar refractivity (Wildman–Crippen MR) is 97.9 cm³/mol. The van der Waals surface area contributed by atoms with E-state index in [1.165, 1.54) is 12.8 Å². The van der Waals surface area contributed by atoms with Crippen LogP contribution in [0.4, 0.5) is 0 Å². The average Bonchev–Trinajstić information content (AvgIpc) is 2.46. The molecule has 0 spiro atoms. The molecule has 2 unspecified atom stereocenters. The fourth-order valence-electron chi connectivity index (χ4n) is 1.75. The van der Waals surface area contributed by atoms with Crippen LogP contribution in [0.2, 0.25) is 0 Å². The molecule has 0 aliphatic carbocycles. The Hall–Kier alpha value is -0.590. The molecule has 0 aromatic rings. The van der Waals surface area contributed by atoms with Crippen molar-refractivity contribution in [1.82, 2.24) is 0 Å². The Kier molecular flexibility index (Phi) is 25.3. The van der Waals surface area contributed by atoms with E-state index in [-0.39, 0.29) is 0 Å². The molecule has 0 amide bonds. The van der Waals surface area contributed by atoms with Gasteiger partial charge in [0, 0.05) is 7.05 Å². The Morgan fingerprint density at radius 3 is 1.85 bits per heavy atom. The summed E-state index contributed by atoms with van der Waals surface area (Å²) in [6.45, 7) is 17.4. The maximum Gasteiger partial charge on any atom is 0.0273 e. The lowest BCUT2D eigenvalue weighted by Gasteiger charge is -2.19. The van der Waals surface area contributed by atoms with Gasteiger partial charge in [-0.15, -0.1) is 0 Å². The van der Waals surface area contributed by atoms with Crippen molar-refractivity contribution < 1.29 is 0 Å². The molecule has 1 heteroatoms. The van der Waals surface area contributed by atoms with E-state index in [1.807, 2.05) is 41.0 Å². The van der Waals surface area contributed by atoms with Crippen LogP contribution in [0, 0.1) is 17.8 Å². The zero-order valence-electron chi connectivity index (χ0n) is 15.7. The fraction of sp³-hybridized carbons (Fsp3) is 0.842. The first-order valence-electron chi connectivity index (χ1n) is 8.63. The van der Waals surface area contributed by atoms with Gasteiger partial charge < -0.3 is 4.99 Å². The minimum absolute atomic E-state index is 0.812. The summed E-state index contributed by atoms with van der Waals surface area (Å²) < 4.78 is 0. The molecule has 0 heterocycles. The average molecular weight is 284 g/mol. The molecule has 0 aromatic heterocycles. The van der Waals surface area contributed by atoms with Gasteiger partial charge in [0.15, 0.2) is 0 Å². The lowest BCUT2D eigenvalue weighted by molar-refractivity contribution is 0.333. The molecule has 122 valence electrons. The van der Waals surface area contributed by atoms with Crippen molar-refractivity contribution >= 4 is 6.21 Å². The van der Waals surface area contributed by atoms with Crippen molar-refractivity contribution in [2.45, 2.75) is 81.1 Å². The van der Waals surface area contributed by atoms with Gasteiger partial charge >= 0.3 is 0 Å². The summed E-state index contributed by atoms with van der Waals surface area (Å²) in [5, 5.41) is 0. The lowest BCUT2D eigenvalue weighted by Crippen LogP contribution is -2.08. The van der Waals surface area contributed by atoms with Crippen molar-refractivity contribution in [3.8, 4) is 0 Å². The Labute approximate surface area is 130 Å². The largest absolute Gasteiger partial charge is 0.301 e. The smallest absolute Gasteiger partial charge is 0.0273 e. The van der Waals surface area contributed by atoms with Gasteiger partial charge in [0.1, 0.15) is 0 Å². The minimum atomic E-state index is 0.812. The van der Waals surface area contributed by atoms with E-state index in [0.29, 0.717) is 0 Å². The molecular formula is C19H41N. The van der Waals surface area contributed by atoms with Crippen LogP contribution in [-0.2, 0) is 0 Å². The van der Waals surface area contributed by atoms with E-state index in [1.54, 1.807) is 0 Å². The maximum absolute atomic E-state index is 3.97. The van der Waals surface area contributed by atoms with Gasteiger partial charge in [-0.1, -0.05) is 67.5 Å². The Balaban J connectivity index is -0.000000656. The second kappa shape index (κ2) is 20.7. The number of unbranched alkanes of at least 4 members (excludes halogenated alkanes) is 1. The van der Waals surface area contributed by atoms with Crippen molar-refractivity contribution in [2.75, 3.05) is 7.05 Å². The fourth-order valence-corrected chi connectivity index (χ4v) is 1.75. The number of hydrogen-bond acceptors (Lipinski definition) is 1. The summed E-state index contributed by atoms with van der Waals surface area (Å²) in [6.07, 6.45) is 11.4. The van der Waals surface area contributed by atoms with E-state index in [9.17, 15) is 0 Å². The molecule has 0 rings (SSSR count). The maximum atomic E-state index is 3.97. The van der Waals surface area contributed by atoms with E-state index < -0.39 is 0 Å². The number of rotatable bonds is 8. The van der Waals surface area contributed by atoms with E-state index >= 15 is 0 Å². The van der Waals surface area contributed by atoms with Crippen molar-refractivity contribution in [3.05, 3.63) is 12.2 Å². The van der Waals surface area contributed by atoms with Gasteiger partial charge in [0.25, 0.3) is 0 Å². The van der Waals surface area contributed by atoms with Gasteiger partial charge in [-0.25, -0.2) is 0 Å². The van der Waals surface area contributed by atoms with Gasteiger partial charge in [-0.3, -0.25) is 0 Å². The predicted octanol–water partition coefficient (Wildman–Crippen LogP) is 6.78. The summed E-state index contributed by atoms with van der Waals surface area (Å²) in [5.41, 5.74) is 0. The van der Waals surface area contributed by atoms with Crippen LogP contribution in [0.15, 0.2) is 17.1 Å². The molecule has 2 atom stereocenters. The first kappa shape index (κ1) is 24.4. The highest BCUT2D eigenvalue weighted by atomic mass is 14.6. The van der Waals surface area contributed by atoms with Crippen molar-refractivity contribution in [2.24, 2.45) is 22.7 Å². The standard InChI is InChI=1S/C15H29N.2C2H6/c1-13(2)15(4)12-14(3)10-8-6-7-9-11-16-5;2*1-2/h6,8,11,13-15H,7,9-10,12H2,1-5H3;2*1-2H3/b8-6+,16-11?;;. The Morgan fingerprint density at radius 1 is 0.850 bits per heavy atom. The van der Waals surface area contributed by atoms with Gasteiger partial charge in [0.05, 0.1) is 0 Å². The lowest BCUT2D eigenvalue weighted by atomic mass is 9.87.